The van der Waals surface area contributed by atoms with E-state index in [-0.39, 0.29) is 0 Å². The first-order chi connectivity index (χ1) is 11.2. The Balaban J connectivity index is 2.27. The zero-order chi connectivity index (χ0) is 16.9. The molecule has 0 aliphatic heterocycles. The molecule has 0 unspecified atom stereocenters. The fourth-order valence-corrected chi connectivity index (χ4v) is 1.96. The minimum Gasteiger partial charge on any atom is -0.491 e. The molecule has 0 saturated carbocycles. The third-order valence-electron chi connectivity index (χ3n) is 3.34. The van der Waals surface area contributed by atoms with Crippen LogP contribution in [0, 0.1) is 0 Å². The van der Waals surface area contributed by atoms with Crippen molar-refractivity contribution >= 4 is 11.8 Å². The Morgan fingerprint density at radius 3 is 2.35 bits per heavy atom. The van der Waals surface area contributed by atoms with Gasteiger partial charge in [-0.05, 0) is 44.3 Å². The van der Waals surface area contributed by atoms with Crippen LogP contribution in [-0.4, -0.2) is 57.1 Å². The number of benzene rings is 1. The molecule has 0 bridgehead atoms. The van der Waals surface area contributed by atoms with Crippen molar-refractivity contribution in [2.75, 3.05) is 51.4 Å². The number of hydrogen-bond donors (Lipinski definition) is 1. The summed E-state index contributed by atoms with van der Waals surface area (Å²) in [7, 11) is 0. The van der Waals surface area contributed by atoms with Crippen LogP contribution < -0.4 is 10.1 Å². The molecular formula is C17H28N2O4. The molecule has 6 nitrogen and oxygen atoms in total. The summed E-state index contributed by atoms with van der Waals surface area (Å²) in [5.74, 6) is 0.741. The molecule has 1 aromatic rings. The Morgan fingerprint density at radius 2 is 1.74 bits per heavy atom. The molecule has 0 aliphatic carbocycles. The second-order valence-electron chi connectivity index (χ2n) is 4.86. The van der Waals surface area contributed by atoms with Gasteiger partial charge in [0.2, 0.25) is 0 Å². The van der Waals surface area contributed by atoms with Crippen molar-refractivity contribution in [1.82, 2.24) is 4.90 Å². The van der Waals surface area contributed by atoms with Gasteiger partial charge in [-0.2, -0.15) is 0 Å². The van der Waals surface area contributed by atoms with E-state index in [0.717, 1.165) is 25.4 Å². The van der Waals surface area contributed by atoms with Gasteiger partial charge in [-0.15, -0.1) is 0 Å². The Morgan fingerprint density at radius 1 is 1.04 bits per heavy atom. The molecule has 130 valence electrons. The number of carbonyl (C=O) groups excluding carboxylic acids is 1. The van der Waals surface area contributed by atoms with Gasteiger partial charge < -0.3 is 19.1 Å². The summed E-state index contributed by atoms with van der Waals surface area (Å²) < 4.78 is 15.9. The number of likely N-dealkylation sites (N-methyl/N-ethyl adjacent to an activating group) is 1. The van der Waals surface area contributed by atoms with Gasteiger partial charge in [0.05, 0.1) is 6.61 Å². The van der Waals surface area contributed by atoms with Crippen LogP contribution in [0.3, 0.4) is 0 Å². The third-order valence-corrected chi connectivity index (χ3v) is 3.34. The van der Waals surface area contributed by atoms with Crippen LogP contribution in [0.4, 0.5) is 10.5 Å². The Bertz CT molecular complexity index is 433. The van der Waals surface area contributed by atoms with Gasteiger partial charge in [-0.3, -0.25) is 5.32 Å². The number of carbonyl (C=O) groups is 1. The molecule has 0 spiro atoms. The summed E-state index contributed by atoms with van der Waals surface area (Å²) in [6, 6.07) is 7.16. The molecule has 1 rings (SSSR count). The number of hydrogen-bond acceptors (Lipinski definition) is 5. The highest BCUT2D eigenvalue weighted by Crippen LogP contribution is 2.15. The van der Waals surface area contributed by atoms with E-state index in [0.29, 0.717) is 32.1 Å². The van der Waals surface area contributed by atoms with Crippen molar-refractivity contribution in [1.29, 1.82) is 0 Å². The van der Waals surface area contributed by atoms with Crippen LogP contribution >= 0.6 is 0 Å². The monoisotopic (exact) mass is 324 g/mol. The van der Waals surface area contributed by atoms with Crippen molar-refractivity contribution in [3.05, 3.63) is 24.3 Å². The standard InChI is InChI=1S/C17H28N2O4/c1-4-19(5-2)11-12-23-17(20)18-15-7-9-16(10-8-15)22-14-13-21-6-3/h7-10H,4-6,11-14H2,1-3H3,(H,18,20). The van der Waals surface area contributed by atoms with Gasteiger partial charge in [0.1, 0.15) is 19.0 Å². The van der Waals surface area contributed by atoms with Gasteiger partial charge in [0, 0.05) is 18.8 Å². The smallest absolute Gasteiger partial charge is 0.411 e. The minimum atomic E-state index is -0.442. The van der Waals surface area contributed by atoms with Crippen LogP contribution in [0.25, 0.3) is 0 Å². The van der Waals surface area contributed by atoms with Gasteiger partial charge in [0.15, 0.2) is 0 Å². The maximum atomic E-state index is 11.7. The van der Waals surface area contributed by atoms with Gasteiger partial charge in [-0.25, -0.2) is 4.79 Å². The quantitative estimate of drug-likeness (QED) is 0.634. The van der Waals surface area contributed by atoms with E-state index in [1.54, 1.807) is 24.3 Å². The maximum absolute atomic E-state index is 11.7. The summed E-state index contributed by atoms with van der Waals surface area (Å²) in [6.07, 6.45) is -0.442. The molecular weight excluding hydrogens is 296 g/mol. The van der Waals surface area contributed by atoms with E-state index in [2.05, 4.69) is 24.1 Å². The number of nitrogens with zero attached hydrogens (tertiary/aromatic N) is 1. The van der Waals surface area contributed by atoms with Crippen LogP contribution in [-0.2, 0) is 9.47 Å². The molecule has 0 radical (unpaired) electrons. The second kappa shape index (κ2) is 11.7. The zero-order valence-electron chi connectivity index (χ0n) is 14.3. The van der Waals surface area contributed by atoms with E-state index in [1.165, 1.54) is 0 Å². The normalized spacial score (nSPS) is 10.6. The number of rotatable bonds is 11. The molecule has 23 heavy (non-hydrogen) atoms. The maximum Gasteiger partial charge on any atom is 0.411 e. The van der Waals surface area contributed by atoms with E-state index >= 15 is 0 Å². The molecule has 0 aromatic heterocycles. The number of nitrogens with one attached hydrogen (secondary N) is 1. The summed E-state index contributed by atoms with van der Waals surface area (Å²) >= 11 is 0. The summed E-state index contributed by atoms with van der Waals surface area (Å²) in [6.45, 7) is 10.9. The molecule has 0 aliphatic rings. The van der Waals surface area contributed by atoms with Crippen LogP contribution in [0.1, 0.15) is 20.8 Å². The molecule has 0 fully saturated rings. The highest BCUT2D eigenvalue weighted by molar-refractivity contribution is 5.84. The fourth-order valence-electron chi connectivity index (χ4n) is 1.96. The molecule has 0 saturated heterocycles. The molecule has 1 amide bonds. The first kappa shape index (κ1) is 19.3. The lowest BCUT2D eigenvalue weighted by Gasteiger charge is -2.17. The average Bonchev–Trinajstić information content (AvgIpc) is 2.57. The highest BCUT2D eigenvalue weighted by atomic mass is 16.5. The van der Waals surface area contributed by atoms with E-state index < -0.39 is 6.09 Å². The SMILES string of the molecule is CCOCCOc1ccc(NC(=O)OCCN(CC)CC)cc1. The summed E-state index contributed by atoms with van der Waals surface area (Å²) in [5.41, 5.74) is 0.676. The molecule has 0 heterocycles. The largest absolute Gasteiger partial charge is 0.491 e. The summed E-state index contributed by atoms with van der Waals surface area (Å²) in [4.78, 5) is 13.9. The first-order valence-electron chi connectivity index (χ1n) is 8.16. The van der Waals surface area contributed by atoms with Crippen molar-refractivity contribution < 1.29 is 19.0 Å². The predicted octanol–water partition coefficient (Wildman–Crippen LogP) is 2.99. The van der Waals surface area contributed by atoms with Crippen LogP contribution in [0.2, 0.25) is 0 Å². The molecule has 6 heteroatoms. The number of ether oxygens (including phenoxy) is 3. The van der Waals surface area contributed by atoms with Gasteiger partial charge in [-0.1, -0.05) is 13.8 Å². The predicted molar refractivity (Wildman–Crippen MR) is 91.2 cm³/mol. The number of anilines is 1. The summed E-state index contributed by atoms with van der Waals surface area (Å²) in [5, 5.41) is 2.70. The van der Waals surface area contributed by atoms with Gasteiger partial charge >= 0.3 is 6.09 Å². The zero-order valence-corrected chi connectivity index (χ0v) is 14.3. The Hall–Kier alpha value is -1.79. The topological polar surface area (TPSA) is 60.0 Å². The van der Waals surface area contributed by atoms with Crippen LogP contribution in [0.15, 0.2) is 24.3 Å². The lowest BCUT2D eigenvalue weighted by Crippen LogP contribution is -2.28. The lowest BCUT2D eigenvalue weighted by atomic mass is 10.3. The molecule has 1 N–H and O–H groups in total. The van der Waals surface area contributed by atoms with Gasteiger partial charge in [0.25, 0.3) is 0 Å². The third kappa shape index (κ3) is 8.42. The Labute approximate surface area is 138 Å². The lowest BCUT2D eigenvalue weighted by molar-refractivity contribution is 0.110. The Kier molecular flexibility index (Phi) is 9.83. The van der Waals surface area contributed by atoms with E-state index in [9.17, 15) is 4.79 Å². The average molecular weight is 324 g/mol. The van der Waals surface area contributed by atoms with Crippen molar-refractivity contribution in [2.45, 2.75) is 20.8 Å². The van der Waals surface area contributed by atoms with Crippen molar-refractivity contribution in [3.8, 4) is 5.75 Å². The number of amides is 1. The van der Waals surface area contributed by atoms with Crippen molar-refractivity contribution in [3.63, 3.8) is 0 Å². The second-order valence-corrected chi connectivity index (χ2v) is 4.86. The molecule has 0 atom stereocenters. The van der Waals surface area contributed by atoms with Crippen molar-refractivity contribution in [2.24, 2.45) is 0 Å². The molecule has 1 aromatic carbocycles. The highest BCUT2D eigenvalue weighted by Gasteiger charge is 2.05. The fraction of sp³-hybridized carbons (Fsp3) is 0.588. The van der Waals surface area contributed by atoms with Crippen LogP contribution in [0.5, 0.6) is 5.75 Å². The minimum absolute atomic E-state index is 0.381. The van der Waals surface area contributed by atoms with E-state index in [1.807, 2.05) is 6.92 Å². The first-order valence-corrected chi connectivity index (χ1v) is 8.16. The van der Waals surface area contributed by atoms with E-state index in [4.69, 9.17) is 14.2 Å².